The van der Waals surface area contributed by atoms with Gasteiger partial charge in [0.1, 0.15) is 0 Å². The number of aromatic amines is 1. The van der Waals surface area contributed by atoms with Crippen molar-refractivity contribution in [3.63, 3.8) is 0 Å². The highest BCUT2D eigenvalue weighted by Crippen LogP contribution is 2.08. The largest absolute Gasteiger partial charge is 0.261 e. The summed E-state index contributed by atoms with van der Waals surface area (Å²) in [6.07, 6.45) is 2.75. The van der Waals surface area contributed by atoms with Crippen molar-refractivity contribution in [1.82, 2.24) is 15.2 Å². The average molecular weight is 207 g/mol. The Morgan fingerprint density at radius 2 is 1.80 bits per heavy atom. The first-order valence-electron chi connectivity index (χ1n) is 5.69. The highest BCUT2D eigenvalue weighted by molar-refractivity contribution is 5.73. The summed E-state index contributed by atoms with van der Waals surface area (Å²) < 4.78 is 0. The molecule has 15 heavy (non-hydrogen) atoms. The fourth-order valence-electron chi connectivity index (χ4n) is 1.06. The van der Waals surface area contributed by atoms with E-state index in [0.717, 1.165) is 23.1 Å². The molecule has 1 N–H and O–H groups in total. The molecule has 0 aliphatic heterocycles. The molecule has 2 aromatic heterocycles. The second-order valence-electron chi connectivity index (χ2n) is 2.46. The van der Waals surface area contributed by atoms with Crippen molar-refractivity contribution in [2.75, 3.05) is 0 Å². The summed E-state index contributed by atoms with van der Waals surface area (Å²) in [5, 5.41) is 7.79. The van der Waals surface area contributed by atoms with Crippen LogP contribution in [0.2, 0.25) is 0 Å². The highest BCUT2D eigenvalue weighted by atomic mass is 15.1. The molecule has 0 aromatic carbocycles. The molecule has 3 heteroatoms. The van der Waals surface area contributed by atoms with E-state index in [2.05, 4.69) is 22.1 Å². The van der Waals surface area contributed by atoms with E-state index in [1.807, 2.05) is 39.8 Å². The van der Waals surface area contributed by atoms with E-state index in [0.29, 0.717) is 0 Å². The van der Waals surface area contributed by atoms with Gasteiger partial charge in [0, 0.05) is 11.1 Å². The summed E-state index contributed by atoms with van der Waals surface area (Å²) in [5.41, 5.74) is 1.98. The maximum absolute atomic E-state index is 4.34. The van der Waals surface area contributed by atoms with Gasteiger partial charge in [-0.3, -0.25) is 5.10 Å². The summed E-state index contributed by atoms with van der Waals surface area (Å²) >= 11 is 0. The van der Waals surface area contributed by atoms with Gasteiger partial charge in [0.15, 0.2) is 5.65 Å². The van der Waals surface area contributed by atoms with E-state index in [9.17, 15) is 0 Å². The molecule has 0 unspecified atom stereocenters. The van der Waals surface area contributed by atoms with Crippen molar-refractivity contribution in [1.29, 1.82) is 0 Å². The second kappa shape index (κ2) is 7.97. The van der Waals surface area contributed by atoms with Gasteiger partial charge in [-0.1, -0.05) is 34.6 Å². The summed E-state index contributed by atoms with van der Waals surface area (Å²) in [6.45, 7) is 10.1. The molecule has 2 aromatic rings. The normalized spacial score (nSPS) is 8.60. The van der Waals surface area contributed by atoms with Gasteiger partial charge in [0.05, 0.1) is 6.20 Å². The Balaban J connectivity index is 0.000000442. The third-order valence-corrected chi connectivity index (χ3v) is 1.72. The first-order chi connectivity index (χ1) is 7.40. The maximum Gasteiger partial charge on any atom is 0.155 e. The van der Waals surface area contributed by atoms with Crippen LogP contribution in [0.15, 0.2) is 18.3 Å². The van der Waals surface area contributed by atoms with Crippen LogP contribution < -0.4 is 0 Å². The van der Waals surface area contributed by atoms with Gasteiger partial charge in [0.2, 0.25) is 0 Å². The molecule has 0 bridgehead atoms. The molecule has 0 atom stereocenters. The summed E-state index contributed by atoms with van der Waals surface area (Å²) in [4.78, 5) is 4.34. The van der Waals surface area contributed by atoms with Gasteiger partial charge < -0.3 is 0 Å². The van der Waals surface area contributed by atoms with Crippen molar-refractivity contribution in [2.45, 2.75) is 41.0 Å². The summed E-state index contributed by atoms with van der Waals surface area (Å²) in [5.74, 6) is 0. The molecule has 0 aliphatic carbocycles. The SMILES string of the molecule is CC.CC.CCc1ccc2cn[nH]c2n1. The van der Waals surface area contributed by atoms with E-state index in [1.54, 1.807) is 6.20 Å². The molecule has 0 radical (unpaired) electrons. The first-order valence-corrected chi connectivity index (χ1v) is 5.69. The van der Waals surface area contributed by atoms with Gasteiger partial charge in [-0.15, -0.1) is 0 Å². The van der Waals surface area contributed by atoms with Gasteiger partial charge in [-0.25, -0.2) is 4.98 Å². The van der Waals surface area contributed by atoms with E-state index >= 15 is 0 Å². The van der Waals surface area contributed by atoms with E-state index in [-0.39, 0.29) is 0 Å². The number of rotatable bonds is 1. The molecular formula is C12H21N3. The topological polar surface area (TPSA) is 41.6 Å². The molecular weight excluding hydrogens is 186 g/mol. The van der Waals surface area contributed by atoms with Crippen molar-refractivity contribution in [3.05, 3.63) is 24.0 Å². The fourth-order valence-corrected chi connectivity index (χ4v) is 1.06. The van der Waals surface area contributed by atoms with E-state index < -0.39 is 0 Å². The van der Waals surface area contributed by atoms with Crippen LogP contribution in [-0.2, 0) is 6.42 Å². The van der Waals surface area contributed by atoms with Crippen LogP contribution in [0, 0.1) is 0 Å². The van der Waals surface area contributed by atoms with Crippen molar-refractivity contribution < 1.29 is 0 Å². The lowest BCUT2D eigenvalue weighted by atomic mass is 10.2. The van der Waals surface area contributed by atoms with Crippen molar-refractivity contribution in [3.8, 4) is 0 Å². The quantitative estimate of drug-likeness (QED) is 0.776. The standard InChI is InChI=1S/C8H9N3.2C2H6/c1-2-7-4-3-6-5-9-11-8(6)10-7;2*1-2/h3-5H,2H2,1H3,(H,9,10,11);2*1-2H3. The zero-order valence-corrected chi connectivity index (χ0v) is 10.3. The summed E-state index contributed by atoms with van der Waals surface area (Å²) in [6, 6.07) is 4.06. The van der Waals surface area contributed by atoms with Crippen LogP contribution in [0.4, 0.5) is 0 Å². The number of hydrogen-bond acceptors (Lipinski definition) is 2. The molecule has 0 fully saturated rings. The van der Waals surface area contributed by atoms with Gasteiger partial charge in [-0.2, -0.15) is 5.10 Å². The fraction of sp³-hybridized carbons (Fsp3) is 0.500. The highest BCUT2D eigenvalue weighted by Gasteiger charge is 1.96. The van der Waals surface area contributed by atoms with Gasteiger partial charge in [0.25, 0.3) is 0 Å². The minimum Gasteiger partial charge on any atom is -0.261 e. The Morgan fingerprint density at radius 1 is 1.13 bits per heavy atom. The zero-order valence-electron chi connectivity index (χ0n) is 10.3. The lowest BCUT2D eigenvalue weighted by Crippen LogP contribution is -1.85. The molecule has 0 saturated carbocycles. The molecule has 0 amide bonds. The third kappa shape index (κ3) is 3.70. The summed E-state index contributed by atoms with van der Waals surface area (Å²) in [7, 11) is 0. The second-order valence-corrected chi connectivity index (χ2v) is 2.46. The maximum atomic E-state index is 4.34. The Kier molecular flexibility index (Phi) is 7.24. The smallest absolute Gasteiger partial charge is 0.155 e. The molecule has 2 rings (SSSR count). The van der Waals surface area contributed by atoms with Gasteiger partial charge in [-0.05, 0) is 18.6 Å². The Morgan fingerprint density at radius 3 is 2.40 bits per heavy atom. The Bertz CT molecular complexity index is 366. The van der Waals surface area contributed by atoms with Crippen molar-refractivity contribution in [2.24, 2.45) is 0 Å². The van der Waals surface area contributed by atoms with Crippen LogP contribution in [-0.4, -0.2) is 15.2 Å². The number of nitrogens with zero attached hydrogens (tertiary/aromatic N) is 2. The number of H-pyrrole nitrogens is 1. The van der Waals surface area contributed by atoms with Crippen LogP contribution >= 0.6 is 0 Å². The van der Waals surface area contributed by atoms with Crippen LogP contribution in [0.3, 0.4) is 0 Å². The van der Waals surface area contributed by atoms with E-state index in [1.165, 1.54) is 0 Å². The predicted molar refractivity (Wildman–Crippen MR) is 66.0 cm³/mol. The average Bonchev–Trinajstić information content (AvgIpc) is 2.81. The minimum absolute atomic E-state index is 0.879. The van der Waals surface area contributed by atoms with Crippen LogP contribution in [0.5, 0.6) is 0 Å². The molecule has 3 nitrogen and oxygen atoms in total. The molecule has 0 saturated heterocycles. The Hall–Kier alpha value is -1.38. The molecule has 0 spiro atoms. The van der Waals surface area contributed by atoms with Crippen molar-refractivity contribution >= 4 is 11.0 Å². The minimum atomic E-state index is 0.879. The lowest BCUT2D eigenvalue weighted by Gasteiger charge is -1.92. The van der Waals surface area contributed by atoms with E-state index in [4.69, 9.17) is 0 Å². The van der Waals surface area contributed by atoms with Crippen LogP contribution in [0.25, 0.3) is 11.0 Å². The number of pyridine rings is 1. The van der Waals surface area contributed by atoms with Gasteiger partial charge >= 0.3 is 0 Å². The zero-order chi connectivity index (χ0) is 11.7. The van der Waals surface area contributed by atoms with Crippen LogP contribution in [0.1, 0.15) is 40.3 Å². The number of nitrogens with one attached hydrogen (secondary N) is 1. The lowest BCUT2D eigenvalue weighted by molar-refractivity contribution is 1.03. The third-order valence-electron chi connectivity index (χ3n) is 1.72. The molecule has 84 valence electrons. The number of aryl methyl sites for hydroxylation is 1. The number of hydrogen-bond donors (Lipinski definition) is 1. The molecule has 0 aliphatic rings. The number of aromatic nitrogens is 3. The predicted octanol–water partition coefficient (Wildman–Crippen LogP) is 3.57. The Labute approximate surface area is 91.9 Å². The monoisotopic (exact) mass is 207 g/mol. The number of fused-ring (bicyclic) bond motifs is 1. The first kappa shape index (κ1) is 13.6. The molecule has 2 heterocycles.